The Bertz CT molecular complexity index is 204. The molecule has 1 heterocycles. The zero-order chi connectivity index (χ0) is 9.19. The molecule has 1 rings (SSSR count). The molecule has 1 aliphatic heterocycles. The molecule has 3 nitrogen and oxygen atoms in total. The zero-order valence-corrected chi connectivity index (χ0v) is 7.41. The standard InChI is InChI=1S/C9H14O3/c1-4-5-7(10)8-6-11-9(2,3)12-8/h5,7-8,10H,1,6H2,2-3H3. The van der Waals surface area contributed by atoms with Crippen molar-refractivity contribution < 1.29 is 14.6 Å². The van der Waals surface area contributed by atoms with E-state index >= 15 is 0 Å². The molecule has 12 heavy (non-hydrogen) atoms. The van der Waals surface area contributed by atoms with E-state index in [2.05, 4.69) is 12.3 Å². The Morgan fingerprint density at radius 1 is 1.75 bits per heavy atom. The number of hydrogen-bond donors (Lipinski definition) is 1. The Labute approximate surface area is 72.3 Å². The third-order valence-corrected chi connectivity index (χ3v) is 1.70. The van der Waals surface area contributed by atoms with Crippen molar-refractivity contribution in [2.24, 2.45) is 0 Å². The number of aliphatic hydroxyl groups excluding tert-OH is 1. The number of rotatable bonds is 2. The molecule has 2 unspecified atom stereocenters. The van der Waals surface area contributed by atoms with E-state index in [-0.39, 0.29) is 6.10 Å². The minimum absolute atomic E-state index is 0.297. The van der Waals surface area contributed by atoms with Gasteiger partial charge in [0.15, 0.2) is 5.79 Å². The lowest BCUT2D eigenvalue weighted by molar-refractivity contribution is -0.147. The summed E-state index contributed by atoms with van der Waals surface area (Å²) in [5.74, 6) is -0.583. The van der Waals surface area contributed by atoms with E-state index in [4.69, 9.17) is 9.47 Å². The van der Waals surface area contributed by atoms with Crippen LogP contribution >= 0.6 is 0 Å². The second kappa shape index (κ2) is 3.42. The Kier molecular flexibility index (Phi) is 2.70. The first-order valence-corrected chi connectivity index (χ1v) is 3.91. The molecule has 0 saturated carbocycles. The summed E-state index contributed by atoms with van der Waals surface area (Å²) in [4.78, 5) is 0. The molecule has 0 aromatic rings. The predicted molar refractivity (Wildman–Crippen MR) is 44.6 cm³/mol. The van der Waals surface area contributed by atoms with Gasteiger partial charge in [0, 0.05) is 0 Å². The second-order valence-electron chi connectivity index (χ2n) is 3.23. The molecular formula is C9H14O3. The Hall–Kier alpha value is -0.600. The minimum Gasteiger partial charge on any atom is -0.386 e. The molecule has 68 valence electrons. The van der Waals surface area contributed by atoms with Crippen LogP contribution in [-0.4, -0.2) is 29.7 Å². The van der Waals surface area contributed by atoms with E-state index in [9.17, 15) is 5.11 Å². The van der Waals surface area contributed by atoms with Crippen LogP contribution in [0.5, 0.6) is 0 Å². The summed E-state index contributed by atoms with van der Waals surface area (Å²) in [5, 5.41) is 9.42. The number of aliphatic hydroxyl groups is 1. The summed E-state index contributed by atoms with van der Waals surface area (Å²) in [6.45, 7) is 7.41. The first-order chi connectivity index (χ1) is 5.55. The van der Waals surface area contributed by atoms with Crippen LogP contribution in [0.1, 0.15) is 13.8 Å². The molecule has 3 heteroatoms. The van der Waals surface area contributed by atoms with Crippen molar-refractivity contribution in [2.45, 2.75) is 31.8 Å². The highest BCUT2D eigenvalue weighted by Gasteiger charge is 2.35. The van der Waals surface area contributed by atoms with Gasteiger partial charge in [-0.05, 0) is 19.9 Å². The van der Waals surface area contributed by atoms with Gasteiger partial charge in [0.2, 0.25) is 0 Å². The Morgan fingerprint density at radius 3 is 2.83 bits per heavy atom. The van der Waals surface area contributed by atoms with Crippen molar-refractivity contribution in [3.63, 3.8) is 0 Å². The van der Waals surface area contributed by atoms with E-state index in [1.54, 1.807) is 0 Å². The summed E-state index contributed by atoms with van der Waals surface area (Å²) in [7, 11) is 0. The molecule has 1 N–H and O–H groups in total. The molecular weight excluding hydrogens is 156 g/mol. The maximum Gasteiger partial charge on any atom is 0.163 e. The SMILES string of the molecule is C=C=CC(O)C1COC(C)(C)O1. The number of hydrogen-bond acceptors (Lipinski definition) is 3. The van der Waals surface area contributed by atoms with Gasteiger partial charge in [0.1, 0.15) is 12.2 Å². The monoisotopic (exact) mass is 170 g/mol. The molecule has 0 aromatic heterocycles. The van der Waals surface area contributed by atoms with Gasteiger partial charge in [-0.15, -0.1) is 5.73 Å². The van der Waals surface area contributed by atoms with E-state index in [1.165, 1.54) is 6.08 Å². The van der Waals surface area contributed by atoms with Gasteiger partial charge >= 0.3 is 0 Å². The topological polar surface area (TPSA) is 38.7 Å². The molecule has 0 radical (unpaired) electrons. The number of ether oxygens (including phenoxy) is 2. The van der Waals surface area contributed by atoms with Gasteiger partial charge in [0.25, 0.3) is 0 Å². The van der Waals surface area contributed by atoms with Crippen LogP contribution in [0.25, 0.3) is 0 Å². The quantitative estimate of drug-likeness (QED) is 0.624. The van der Waals surface area contributed by atoms with Gasteiger partial charge in [0.05, 0.1) is 6.61 Å². The van der Waals surface area contributed by atoms with Crippen LogP contribution < -0.4 is 0 Å². The fourth-order valence-electron chi connectivity index (χ4n) is 1.11. The Balaban J connectivity index is 2.52. The summed E-state index contributed by atoms with van der Waals surface area (Å²) >= 11 is 0. The van der Waals surface area contributed by atoms with Crippen molar-refractivity contribution in [2.75, 3.05) is 6.61 Å². The highest BCUT2D eigenvalue weighted by Crippen LogP contribution is 2.24. The molecule has 0 bridgehead atoms. The maximum absolute atomic E-state index is 9.42. The third kappa shape index (κ3) is 2.19. The largest absolute Gasteiger partial charge is 0.386 e. The fraction of sp³-hybridized carbons (Fsp3) is 0.667. The van der Waals surface area contributed by atoms with E-state index in [0.29, 0.717) is 6.61 Å². The smallest absolute Gasteiger partial charge is 0.163 e. The normalized spacial score (nSPS) is 29.4. The van der Waals surface area contributed by atoms with Gasteiger partial charge in [-0.1, -0.05) is 6.58 Å². The zero-order valence-electron chi connectivity index (χ0n) is 7.41. The molecule has 0 aliphatic carbocycles. The van der Waals surface area contributed by atoms with Crippen LogP contribution in [-0.2, 0) is 9.47 Å². The average Bonchev–Trinajstić information content (AvgIpc) is 2.31. The molecule has 2 atom stereocenters. The molecule has 0 aromatic carbocycles. The molecule has 0 amide bonds. The van der Waals surface area contributed by atoms with E-state index < -0.39 is 11.9 Å². The van der Waals surface area contributed by atoms with Crippen molar-refractivity contribution in [1.29, 1.82) is 0 Å². The van der Waals surface area contributed by atoms with Crippen molar-refractivity contribution >= 4 is 0 Å². The van der Waals surface area contributed by atoms with Gasteiger partial charge in [-0.2, -0.15) is 0 Å². The van der Waals surface area contributed by atoms with Crippen LogP contribution in [0.15, 0.2) is 18.4 Å². The van der Waals surface area contributed by atoms with Gasteiger partial charge in [-0.3, -0.25) is 0 Å². The van der Waals surface area contributed by atoms with Crippen LogP contribution in [0.2, 0.25) is 0 Å². The molecule has 1 aliphatic rings. The summed E-state index contributed by atoms with van der Waals surface area (Å²) in [5.41, 5.74) is 2.51. The van der Waals surface area contributed by atoms with Gasteiger partial charge in [-0.25, -0.2) is 0 Å². The second-order valence-corrected chi connectivity index (χ2v) is 3.23. The highest BCUT2D eigenvalue weighted by atomic mass is 16.7. The highest BCUT2D eigenvalue weighted by molar-refractivity contribution is 4.92. The average molecular weight is 170 g/mol. The third-order valence-electron chi connectivity index (χ3n) is 1.70. The molecule has 1 saturated heterocycles. The van der Waals surface area contributed by atoms with Crippen LogP contribution in [0.4, 0.5) is 0 Å². The van der Waals surface area contributed by atoms with E-state index in [1.807, 2.05) is 13.8 Å². The van der Waals surface area contributed by atoms with Gasteiger partial charge < -0.3 is 14.6 Å². The van der Waals surface area contributed by atoms with E-state index in [0.717, 1.165) is 0 Å². The van der Waals surface area contributed by atoms with Crippen molar-refractivity contribution in [3.8, 4) is 0 Å². The molecule has 0 spiro atoms. The lowest BCUT2D eigenvalue weighted by atomic mass is 10.2. The molecule has 1 fully saturated rings. The summed E-state index contributed by atoms with van der Waals surface area (Å²) < 4.78 is 10.7. The summed E-state index contributed by atoms with van der Waals surface area (Å²) in [6, 6.07) is 0. The summed E-state index contributed by atoms with van der Waals surface area (Å²) in [6.07, 6.45) is 0.494. The first-order valence-electron chi connectivity index (χ1n) is 3.91. The maximum atomic E-state index is 9.42. The van der Waals surface area contributed by atoms with Crippen LogP contribution in [0.3, 0.4) is 0 Å². The Morgan fingerprint density at radius 2 is 2.42 bits per heavy atom. The van der Waals surface area contributed by atoms with Crippen molar-refractivity contribution in [1.82, 2.24) is 0 Å². The lowest BCUT2D eigenvalue weighted by Gasteiger charge is -2.18. The van der Waals surface area contributed by atoms with Crippen LogP contribution in [0, 0.1) is 0 Å². The fourth-order valence-corrected chi connectivity index (χ4v) is 1.11. The van der Waals surface area contributed by atoms with Crippen molar-refractivity contribution in [3.05, 3.63) is 18.4 Å². The minimum atomic E-state index is -0.677. The lowest BCUT2D eigenvalue weighted by Crippen LogP contribution is -2.28. The predicted octanol–water partition coefficient (Wildman–Crippen LogP) is 0.840. The first kappa shape index (κ1) is 9.49.